The normalized spacial score (nSPS) is 24.6. The van der Waals surface area contributed by atoms with Gasteiger partial charge in [0.15, 0.2) is 5.65 Å². The Morgan fingerprint density at radius 3 is 3.18 bits per heavy atom. The summed E-state index contributed by atoms with van der Waals surface area (Å²) in [4.78, 5) is 14.8. The van der Waals surface area contributed by atoms with Crippen LogP contribution in [0, 0.1) is 5.92 Å². The molecule has 7 heteroatoms. The number of aromatic nitrogens is 3. The minimum atomic E-state index is 0. The number of piperidine rings is 2. The van der Waals surface area contributed by atoms with Gasteiger partial charge in [-0.1, -0.05) is 0 Å². The number of amides is 1. The molecule has 118 valence electrons. The first-order valence-corrected chi connectivity index (χ1v) is 7.64. The number of halogens is 1. The third-order valence-electron chi connectivity index (χ3n) is 4.73. The Kier molecular flexibility index (Phi) is 4.31. The van der Waals surface area contributed by atoms with Gasteiger partial charge in [0.1, 0.15) is 6.33 Å². The lowest BCUT2D eigenvalue weighted by atomic mass is 9.85. The summed E-state index contributed by atoms with van der Waals surface area (Å²) in [6.07, 6.45) is 6.97. The van der Waals surface area contributed by atoms with E-state index in [1.54, 1.807) is 10.7 Å². The highest BCUT2D eigenvalue weighted by molar-refractivity contribution is 5.99. The first kappa shape index (κ1) is 15.2. The van der Waals surface area contributed by atoms with Gasteiger partial charge in [-0.05, 0) is 43.9 Å². The maximum atomic E-state index is 12.8. The van der Waals surface area contributed by atoms with Crippen LogP contribution in [0.1, 0.15) is 29.6 Å². The molecule has 6 nitrogen and oxygen atoms in total. The van der Waals surface area contributed by atoms with Crippen LogP contribution < -0.4 is 5.32 Å². The highest BCUT2D eigenvalue weighted by atomic mass is 35.5. The molecule has 2 aliphatic heterocycles. The Morgan fingerprint density at radius 1 is 1.36 bits per heavy atom. The summed E-state index contributed by atoms with van der Waals surface area (Å²) >= 11 is 0. The second-order valence-electron chi connectivity index (χ2n) is 5.99. The quantitative estimate of drug-likeness (QED) is 0.861. The molecule has 2 aromatic heterocycles. The molecule has 2 aliphatic rings. The lowest BCUT2D eigenvalue weighted by Gasteiger charge is -2.41. The van der Waals surface area contributed by atoms with Gasteiger partial charge in [-0.3, -0.25) is 9.20 Å². The molecule has 4 rings (SSSR count). The average Bonchev–Trinajstić information content (AvgIpc) is 3.02. The molecule has 0 aliphatic carbocycles. The average molecular weight is 322 g/mol. The fourth-order valence-corrected chi connectivity index (χ4v) is 3.62. The number of hydrogen-bond donors (Lipinski definition) is 1. The standard InChI is InChI=1S/C15H19N5O.ClH/c21-15(12-4-2-7-20-10-17-18-14(12)20)19-8-5-13-11(9-19)3-1-6-16-13;/h2,4,7,10-11,13,16H,1,3,5-6,8-9H2;1H/t11-,13+;/m1./s1. The van der Waals surface area contributed by atoms with Crippen LogP contribution in [0.5, 0.6) is 0 Å². The van der Waals surface area contributed by atoms with Crippen LogP contribution in [0.2, 0.25) is 0 Å². The van der Waals surface area contributed by atoms with Gasteiger partial charge in [-0.2, -0.15) is 0 Å². The molecule has 2 aromatic rings. The Bertz CT molecular complexity index is 673. The zero-order chi connectivity index (χ0) is 14.2. The van der Waals surface area contributed by atoms with Crippen LogP contribution in [0.15, 0.2) is 24.7 Å². The summed E-state index contributed by atoms with van der Waals surface area (Å²) in [5.74, 6) is 0.673. The van der Waals surface area contributed by atoms with E-state index in [1.807, 2.05) is 23.2 Å². The molecule has 0 unspecified atom stereocenters. The molecule has 4 heterocycles. The number of nitrogens with one attached hydrogen (secondary N) is 1. The minimum Gasteiger partial charge on any atom is -0.338 e. The van der Waals surface area contributed by atoms with Crippen molar-refractivity contribution in [1.29, 1.82) is 0 Å². The number of nitrogens with zero attached hydrogens (tertiary/aromatic N) is 4. The SMILES string of the molecule is Cl.O=C(c1cccn2cnnc12)N1CC[C@@H]2NCCC[C@@H]2C1. The first-order valence-electron chi connectivity index (χ1n) is 7.64. The molecular weight excluding hydrogens is 302 g/mol. The van der Waals surface area contributed by atoms with Gasteiger partial charge in [0.25, 0.3) is 5.91 Å². The van der Waals surface area contributed by atoms with Gasteiger partial charge in [-0.15, -0.1) is 22.6 Å². The van der Waals surface area contributed by atoms with E-state index in [2.05, 4.69) is 15.5 Å². The number of carbonyl (C=O) groups is 1. The van der Waals surface area contributed by atoms with E-state index in [4.69, 9.17) is 0 Å². The lowest BCUT2D eigenvalue weighted by molar-refractivity contribution is 0.0594. The largest absolute Gasteiger partial charge is 0.338 e. The molecule has 0 radical (unpaired) electrons. The van der Waals surface area contributed by atoms with Crippen LogP contribution in [0.25, 0.3) is 5.65 Å². The molecule has 2 fully saturated rings. The summed E-state index contributed by atoms with van der Waals surface area (Å²) in [7, 11) is 0. The molecular formula is C15H20ClN5O. The Hall–Kier alpha value is -1.66. The van der Waals surface area contributed by atoms with E-state index >= 15 is 0 Å². The smallest absolute Gasteiger partial charge is 0.257 e. The monoisotopic (exact) mass is 321 g/mol. The summed E-state index contributed by atoms with van der Waals surface area (Å²) in [6, 6.07) is 4.31. The van der Waals surface area contributed by atoms with Crippen molar-refractivity contribution in [2.45, 2.75) is 25.3 Å². The maximum Gasteiger partial charge on any atom is 0.257 e. The lowest BCUT2D eigenvalue weighted by Crippen LogP contribution is -2.53. The maximum absolute atomic E-state index is 12.8. The Morgan fingerprint density at radius 2 is 2.27 bits per heavy atom. The number of rotatable bonds is 1. The molecule has 2 saturated heterocycles. The minimum absolute atomic E-state index is 0. The van der Waals surface area contributed by atoms with Crippen molar-refractivity contribution in [3.8, 4) is 0 Å². The second-order valence-corrected chi connectivity index (χ2v) is 5.99. The van der Waals surface area contributed by atoms with Crippen molar-refractivity contribution in [1.82, 2.24) is 24.8 Å². The van der Waals surface area contributed by atoms with Crippen molar-refractivity contribution < 1.29 is 4.79 Å². The van der Waals surface area contributed by atoms with Gasteiger partial charge < -0.3 is 10.2 Å². The number of carbonyl (C=O) groups excluding carboxylic acids is 1. The Balaban J connectivity index is 0.00000144. The van der Waals surface area contributed by atoms with Gasteiger partial charge in [0.2, 0.25) is 0 Å². The Labute approximate surface area is 135 Å². The summed E-state index contributed by atoms with van der Waals surface area (Å²) in [5, 5.41) is 11.5. The van der Waals surface area contributed by atoms with Crippen molar-refractivity contribution in [3.63, 3.8) is 0 Å². The van der Waals surface area contributed by atoms with E-state index in [1.165, 1.54) is 12.8 Å². The van der Waals surface area contributed by atoms with Gasteiger partial charge in [0, 0.05) is 25.3 Å². The first-order chi connectivity index (χ1) is 10.3. The number of hydrogen-bond acceptors (Lipinski definition) is 4. The van der Waals surface area contributed by atoms with Crippen molar-refractivity contribution in [2.24, 2.45) is 5.92 Å². The van der Waals surface area contributed by atoms with Gasteiger partial charge in [-0.25, -0.2) is 0 Å². The van der Waals surface area contributed by atoms with Crippen molar-refractivity contribution >= 4 is 24.0 Å². The second kappa shape index (κ2) is 6.22. The van der Waals surface area contributed by atoms with Crippen LogP contribution in [-0.4, -0.2) is 51.1 Å². The fraction of sp³-hybridized carbons (Fsp3) is 0.533. The van der Waals surface area contributed by atoms with Crippen LogP contribution >= 0.6 is 12.4 Å². The highest BCUT2D eigenvalue weighted by Gasteiger charge is 2.33. The fourth-order valence-electron chi connectivity index (χ4n) is 3.62. The third kappa shape index (κ3) is 2.57. The molecule has 1 amide bonds. The highest BCUT2D eigenvalue weighted by Crippen LogP contribution is 2.26. The molecule has 0 spiro atoms. The zero-order valence-corrected chi connectivity index (χ0v) is 13.1. The third-order valence-corrected chi connectivity index (χ3v) is 4.73. The molecule has 1 N–H and O–H groups in total. The predicted molar refractivity (Wildman–Crippen MR) is 85.3 cm³/mol. The van der Waals surface area contributed by atoms with E-state index in [0.29, 0.717) is 23.2 Å². The van der Waals surface area contributed by atoms with E-state index in [-0.39, 0.29) is 18.3 Å². The van der Waals surface area contributed by atoms with Gasteiger partial charge in [0.05, 0.1) is 5.56 Å². The van der Waals surface area contributed by atoms with Crippen LogP contribution in [0.3, 0.4) is 0 Å². The molecule has 0 saturated carbocycles. The molecule has 22 heavy (non-hydrogen) atoms. The van der Waals surface area contributed by atoms with E-state index in [9.17, 15) is 4.79 Å². The predicted octanol–water partition coefficient (Wildman–Crippen LogP) is 1.37. The molecule has 2 atom stereocenters. The number of pyridine rings is 1. The summed E-state index contributed by atoms with van der Waals surface area (Å²) in [5.41, 5.74) is 1.30. The van der Waals surface area contributed by atoms with Gasteiger partial charge >= 0.3 is 0 Å². The topological polar surface area (TPSA) is 62.5 Å². The van der Waals surface area contributed by atoms with Crippen molar-refractivity contribution in [2.75, 3.05) is 19.6 Å². The molecule has 0 bridgehead atoms. The number of likely N-dealkylation sites (tertiary alicyclic amines) is 1. The molecule has 0 aromatic carbocycles. The van der Waals surface area contributed by atoms with E-state index < -0.39 is 0 Å². The zero-order valence-electron chi connectivity index (χ0n) is 12.3. The van der Waals surface area contributed by atoms with Crippen LogP contribution in [0.4, 0.5) is 0 Å². The summed E-state index contributed by atoms with van der Waals surface area (Å²) in [6.45, 7) is 2.79. The van der Waals surface area contributed by atoms with Crippen molar-refractivity contribution in [3.05, 3.63) is 30.2 Å². The number of fused-ring (bicyclic) bond motifs is 2. The summed E-state index contributed by atoms with van der Waals surface area (Å²) < 4.78 is 1.79. The van der Waals surface area contributed by atoms with Crippen LogP contribution in [-0.2, 0) is 0 Å². The van der Waals surface area contributed by atoms with E-state index in [0.717, 1.165) is 26.1 Å².